The molecular weight excluding hydrogens is 396 g/mol. The maximum Gasteiger partial charge on any atom is 0.257 e. The molecule has 0 aliphatic carbocycles. The number of fused-ring (bicyclic) bond motifs is 1. The van der Waals surface area contributed by atoms with E-state index in [9.17, 15) is 4.79 Å². The minimum Gasteiger partial charge on any atom is -0.298 e. The van der Waals surface area contributed by atoms with Gasteiger partial charge in [-0.1, -0.05) is 30.3 Å². The molecule has 0 unspecified atom stereocenters. The third kappa shape index (κ3) is 4.00. The Morgan fingerprint density at radius 3 is 2.70 bits per heavy atom. The second-order valence-electron chi connectivity index (χ2n) is 7.18. The first-order valence-electron chi connectivity index (χ1n) is 9.76. The fraction of sp³-hybridized carbons (Fsp3) is 0.182. The molecule has 0 radical (unpaired) electrons. The monoisotopic (exact) mass is 416 g/mol. The van der Waals surface area contributed by atoms with Crippen molar-refractivity contribution in [2.45, 2.75) is 19.5 Å². The minimum atomic E-state index is -0.160. The van der Waals surface area contributed by atoms with E-state index in [0.29, 0.717) is 10.7 Å². The highest BCUT2D eigenvalue weighted by molar-refractivity contribution is 7.15. The van der Waals surface area contributed by atoms with E-state index < -0.39 is 0 Å². The van der Waals surface area contributed by atoms with E-state index in [1.54, 1.807) is 34.5 Å². The van der Waals surface area contributed by atoms with E-state index in [1.807, 2.05) is 18.2 Å². The summed E-state index contributed by atoms with van der Waals surface area (Å²) in [5.41, 5.74) is 3.85. The van der Waals surface area contributed by atoms with Crippen molar-refractivity contribution in [2.75, 3.05) is 11.9 Å². The summed E-state index contributed by atoms with van der Waals surface area (Å²) >= 11 is 1.57. The Hall–Kier alpha value is -3.36. The molecule has 1 aliphatic rings. The van der Waals surface area contributed by atoms with Crippen LogP contribution in [-0.2, 0) is 19.5 Å². The molecule has 1 amide bonds. The molecule has 2 aromatic carbocycles. The zero-order valence-corrected chi connectivity index (χ0v) is 17.0. The molecule has 2 aromatic heterocycles. The average molecular weight is 417 g/mol. The van der Waals surface area contributed by atoms with Crippen LogP contribution in [0, 0.1) is 0 Å². The van der Waals surface area contributed by atoms with E-state index in [0.717, 1.165) is 37.4 Å². The van der Waals surface area contributed by atoms with Crippen LogP contribution < -0.4 is 5.32 Å². The molecule has 1 aliphatic heterocycles. The first-order valence-corrected chi connectivity index (χ1v) is 10.6. The SMILES string of the molecule is O=C(Nc1nc2c(s1)CN(Cc1ccccc1)CC2)c1ccc(-n2cncn2)cc1. The van der Waals surface area contributed by atoms with Crippen LogP contribution in [0.3, 0.4) is 0 Å². The normalized spacial score (nSPS) is 13.7. The van der Waals surface area contributed by atoms with Gasteiger partial charge in [-0.3, -0.25) is 15.0 Å². The molecule has 7 nitrogen and oxygen atoms in total. The molecule has 0 bridgehead atoms. The summed E-state index contributed by atoms with van der Waals surface area (Å²) in [4.78, 5) is 24.9. The first kappa shape index (κ1) is 18.7. The van der Waals surface area contributed by atoms with Gasteiger partial charge >= 0.3 is 0 Å². The zero-order valence-electron chi connectivity index (χ0n) is 16.2. The standard InChI is InChI=1S/C22H20N6OS/c29-21(17-6-8-18(9-7-17)28-15-23-14-24-28)26-22-25-19-10-11-27(13-20(19)30-22)12-16-4-2-1-3-5-16/h1-9,14-15H,10-13H2,(H,25,26,29). The predicted octanol–water partition coefficient (Wildman–Crippen LogP) is 3.53. The summed E-state index contributed by atoms with van der Waals surface area (Å²) in [5.74, 6) is -0.160. The van der Waals surface area contributed by atoms with Gasteiger partial charge in [0.2, 0.25) is 0 Å². The maximum atomic E-state index is 12.6. The number of hydrogen-bond donors (Lipinski definition) is 1. The Morgan fingerprint density at radius 1 is 1.10 bits per heavy atom. The molecule has 0 atom stereocenters. The van der Waals surface area contributed by atoms with E-state index in [1.165, 1.54) is 16.8 Å². The van der Waals surface area contributed by atoms with Crippen molar-refractivity contribution in [1.82, 2.24) is 24.6 Å². The lowest BCUT2D eigenvalue weighted by atomic mass is 10.1. The topological polar surface area (TPSA) is 75.9 Å². The molecule has 0 saturated heterocycles. The van der Waals surface area contributed by atoms with Crippen LogP contribution in [-0.4, -0.2) is 37.1 Å². The summed E-state index contributed by atoms with van der Waals surface area (Å²) in [5, 5.41) is 7.70. The first-order chi connectivity index (χ1) is 14.7. The lowest BCUT2D eigenvalue weighted by molar-refractivity contribution is 0.102. The van der Waals surface area contributed by atoms with Gasteiger partial charge in [0.15, 0.2) is 5.13 Å². The van der Waals surface area contributed by atoms with Gasteiger partial charge in [-0.05, 0) is 29.8 Å². The molecule has 0 fully saturated rings. The number of aromatic nitrogens is 4. The maximum absolute atomic E-state index is 12.6. The molecule has 5 rings (SSSR count). The van der Waals surface area contributed by atoms with Gasteiger partial charge in [0.05, 0.1) is 11.4 Å². The highest BCUT2D eigenvalue weighted by Crippen LogP contribution is 2.29. The number of carbonyl (C=O) groups is 1. The Kier molecular flexibility index (Phi) is 5.08. The minimum absolute atomic E-state index is 0.160. The quantitative estimate of drug-likeness (QED) is 0.539. The van der Waals surface area contributed by atoms with Gasteiger partial charge in [-0.15, -0.1) is 11.3 Å². The fourth-order valence-corrected chi connectivity index (χ4v) is 4.60. The number of anilines is 1. The van der Waals surface area contributed by atoms with Gasteiger partial charge in [0.1, 0.15) is 12.7 Å². The lowest BCUT2D eigenvalue weighted by Crippen LogP contribution is -2.29. The predicted molar refractivity (Wildman–Crippen MR) is 116 cm³/mol. The second kappa shape index (κ2) is 8.17. The van der Waals surface area contributed by atoms with Crippen LogP contribution >= 0.6 is 11.3 Å². The summed E-state index contributed by atoms with van der Waals surface area (Å²) in [6, 6.07) is 17.7. The molecule has 0 saturated carbocycles. The smallest absolute Gasteiger partial charge is 0.257 e. The number of amides is 1. The molecule has 4 aromatic rings. The van der Waals surface area contributed by atoms with Crippen molar-refractivity contribution in [3.05, 3.63) is 88.9 Å². The van der Waals surface area contributed by atoms with Gasteiger partial charge in [-0.25, -0.2) is 14.6 Å². The Bertz CT molecular complexity index is 1140. The highest BCUT2D eigenvalue weighted by atomic mass is 32.1. The van der Waals surface area contributed by atoms with Crippen molar-refractivity contribution in [3.63, 3.8) is 0 Å². The summed E-state index contributed by atoms with van der Waals surface area (Å²) < 4.78 is 1.65. The van der Waals surface area contributed by atoms with Gasteiger partial charge < -0.3 is 0 Å². The number of benzene rings is 2. The molecule has 150 valence electrons. The largest absolute Gasteiger partial charge is 0.298 e. The third-order valence-electron chi connectivity index (χ3n) is 5.09. The number of thiazole rings is 1. The molecule has 3 heterocycles. The van der Waals surface area contributed by atoms with Crippen LogP contribution in [0.1, 0.15) is 26.5 Å². The van der Waals surface area contributed by atoms with E-state index in [2.05, 4.69) is 49.5 Å². The average Bonchev–Trinajstić information content (AvgIpc) is 3.44. The highest BCUT2D eigenvalue weighted by Gasteiger charge is 2.21. The van der Waals surface area contributed by atoms with Crippen LogP contribution in [0.5, 0.6) is 0 Å². The van der Waals surface area contributed by atoms with E-state index >= 15 is 0 Å². The number of hydrogen-bond acceptors (Lipinski definition) is 6. The molecular formula is C22H20N6OS. The van der Waals surface area contributed by atoms with Crippen molar-refractivity contribution >= 4 is 22.4 Å². The third-order valence-corrected chi connectivity index (χ3v) is 6.09. The summed E-state index contributed by atoms with van der Waals surface area (Å²) in [6.45, 7) is 2.77. The van der Waals surface area contributed by atoms with Gasteiger partial charge in [0, 0.05) is 36.5 Å². The zero-order chi connectivity index (χ0) is 20.3. The molecule has 30 heavy (non-hydrogen) atoms. The van der Waals surface area contributed by atoms with Crippen molar-refractivity contribution in [1.29, 1.82) is 0 Å². The lowest BCUT2D eigenvalue weighted by Gasteiger charge is -2.25. The number of carbonyl (C=O) groups excluding carboxylic acids is 1. The Balaban J connectivity index is 1.24. The van der Waals surface area contributed by atoms with Crippen molar-refractivity contribution in [3.8, 4) is 5.69 Å². The second-order valence-corrected chi connectivity index (χ2v) is 8.26. The summed E-state index contributed by atoms with van der Waals surface area (Å²) in [7, 11) is 0. The van der Waals surface area contributed by atoms with Crippen molar-refractivity contribution in [2.24, 2.45) is 0 Å². The van der Waals surface area contributed by atoms with Gasteiger partial charge in [-0.2, -0.15) is 5.10 Å². The molecule has 0 spiro atoms. The van der Waals surface area contributed by atoms with Gasteiger partial charge in [0.25, 0.3) is 5.91 Å². The number of nitrogens with one attached hydrogen (secondary N) is 1. The fourth-order valence-electron chi connectivity index (χ4n) is 3.55. The Labute approximate surface area is 178 Å². The molecule has 8 heteroatoms. The summed E-state index contributed by atoms with van der Waals surface area (Å²) in [6.07, 6.45) is 4.00. The molecule has 1 N–H and O–H groups in total. The Morgan fingerprint density at radius 2 is 1.93 bits per heavy atom. The van der Waals surface area contributed by atoms with Crippen LogP contribution in [0.4, 0.5) is 5.13 Å². The van der Waals surface area contributed by atoms with E-state index in [4.69, 9.17) is 0 Å². The number of nitrogens with zero attached hydrogens (tertiary/aromatic N) is 5. The number of rotatable bonds is 5. The van der Waals surface area contributed by atoms with E-state index in [-0.39, 0.29) is 5.91 Å². The van der Waals surface area contributed by atoms with Crippen LogP contribution in [0.25, 0.3) is 5.69 Å². The van der Waals surface area contributed by atoms with Crippen LogP contribution in [0.15, 0.2) is 67.3 Å². The van der Waals surface area contributed by atoms with Crippen LogP contribution in [0.2, 0.25) is 0 Å². The van der Waals surface area contributed by atoms with Crippen molar-refractivity contribution < 1.29 is 4.79 Å².